The zero-order chi connectivity index (χ0) is 20.2. The molecule has 1 aromatic heterocycles. The Bertz CT molecular complexity index is 967. The van der Waals surface area contributed by atoms with Gasteiger partial charge in [0, 0.05) is 17.8 Å². The summed E-state index contributed by atoms with van der Waals surface area (Å²) in [5.41, 5.74) is 0. The average molecular weight is 434 g/mol. The third-order valence-electron chi connectivity index (χ3n) is 4.33. The lowest BCUT2D eigenvalue weighted by Gasteiger charge is -2.25. The Morgan fingerprint density at radius 1 is 1.21 bits per heavy atom. The molecule has 2 atom stereocenters. The summed E-state index contributed by atoms with van der Waals surface area (Å²) in [6.45, 7) is 0.543. The van der Waals surface area contributed by atoms with Gasteiger partial charge in [-0.25, -0.2) is 0 Å². The van der Waals surface area contributed by atoms with Crippen LogP contribution in [-0.4, -0.2) is 44.9 Å². The molecular weight excluding hydrogens is 414 g/mol. The average Bonchev–Trinajstić information content (AvgIpc) is 3.12. The second kappa shape index (κ2) is 8.94. The van der Waals surface area contributed by atoms with Crippen LogP contribution >= 0.6 is 23.4 Å². The van der Waals surface area contributed by atoms with E-state index >= 15 is 0 Å². The van der Waals surface area contributed by atoms with Crippen LogP contribution in [0, 0.1) is 0 Å². The largest absolute Gasteiger partial charge is 0.491 e. The Hall–Kier alpha value is -2.42. The molecule has 0 saturated carbocycles. The van der Waals surface area contributed by atoms with Crippen molar-refractivity contribution in [3.8, 4) is 17.2 Å². The quantitative estimate of drug-likeness (QED) is 0.571. The number of para-hydroxylation sites is 2. The van der Waals surface area contributed by atoms with Crippen molar-refractivity contribution in [1.29, 1.82) is 0 Å². The molecule has 152 valence electrons. The summed E-state index contributed by atoms with van der Waals surface area (Å²) in [5, 5.41) is 20.0. The van der Waals surface area contributed by atoms with Gasteiger partial charge in [-0.2, -0.15) is 0 Å². The first kappa shape index (κ1) is 19.9. The number of aliphatic hydroxyl groups excluding tert-OH is 1. The SMILES string of the molecule is Cn1c(SC[C@@H](O)COc2ccc(Cl)cc2)nnc1[C@@H]1COc2ccccc2O1. The van der Waals surface area contributed by atoms with Crippen molar-refractivity contribution in [2.45, 2.75) is 17.4 Å². The first-order valence-corrected chi connectivity index (χ1v) is 10.4. The van der Waals surface area contributed by atoms with Gasteiger partial charge in [-0.1, -0.05) is 35.5 Å². The van der Waals surface area contributed by atoms with Gasteiger partial charge in [0.05, 0.1) is 6.10 Å². The van der Waals surface area contributed by atoms with E-state index in [1.807, 2.05) is 35.9 Å². The van der Waals surface area contributed by atoms with Crippen molar-refractivity contribution in [3.63, 3.8) is 0 Å². The lowest BCUT2D eigenvalue weighted by molar-refractivity contribution is 0.0825. The molecule has 0 saturated heterocycles. The van der Waals surface area contributed by atoms with Crippen LogP contribution in [0.2, 0.25) is 5.02 Å². The van der Waals surface area contributed by atoms with Crippen LogP contribution in [0.25, 0.3) is 0 Å². The second-order valence-corrected chi connectivity index (χ2v) is 7.92. The molecule has 29 heavy (non-hydrogen) atoms. The van der Waals surface area contributed by atoms with E-state index in [2.05, 4.69) is 10.2 Å². The number of hydrogen-bond acceptors (Lipinski definition) is 7. The number of aliphatic hydroxyl groups is 1. The topological polar surface area (TPSA) is 78.6 Å². The molecule has 4 rings (SSSR count). The van der Waals surface area contributed by atoms with Crippen LogP contribution in [0.1, 0.15) is 11.9 Å². The fourth-order valence-electron chi connectivity index (χ4n) is 2.82. The van der Waals surface area contributed by atoms with Crippen molar-refractivity contribution in [1.82, 2.24) is 14.8 Å². The summed E-state index contributed by atoms with van der Waals surface area (Å²) in [7, 11) is 1.87. The molecule has 2 heterocycles. The summed E-state index contributed by atoms with van der Waals surface area (Å²) in [4.78, 5) is 0. The van der Waals surface area contributed by atoms with Crippen LogP contribution in [0.3, 0.4) is 0 Å². The van der Waals surface area contributed by atoms with Gasteiger partial charge in [-0.3, -0.25) is 0 Å². The second-order valence-electron chi connectivity index (χ2n) is 6.49. The van der Waals surface area contributed by atoms with E-state index in [4.69, 9.17) is 25.8 Å². The van der Waals surface area contributed by atoms with Crippen LogP contribution in [0.15, 0.2) is 53.7 Å². The standard InChI is InChI=1S/C20H20ClN3O4S/c1-24-19(18-11-27-16-4-2-3-5-17(16)28-18)22-23-20(24)29-12-14(25)10-26-15-8-6-13(21)7-9-15/h2-9,14,18,25H,10-12H2,1H3/t14-,18-/m0/s1. The fraction of sp³-hybridized carbons (Fsp3) is 0.300. The van der Waals surface area contributed by atoms with Crippen molar-refractivity contribution in [3.05, 3.63) is 59.4 Å². The zero-order valence-corrected chi connectivity index (χ0v) is 17.3. The minimum absolute atomic E-state index is 0.176. The molecule has 0 aliphatic carbocycles. The molecular formula is C20H20ClN3O4S. The van der Waals surface area contributed by atoms with Crippen molar-refractivity contribution >= 4 is 23.4 Å². The lowest BCUT2D eigenvalue weighted by Crippen LogP contribution is -2.24. The highest BCUT2D eigenvalue weighted by Crippen LogP contribution is 2.35. The summed E-state index contributed by atoms with van der Waals surface area (Å²) in [5.74, 6) is 3.17. The number of nitrogens with zero attached hydrogens (tertiary/aromatic N) is 3. The number of halogens is 1. The minimum atomic E-state index is -0.656. The summed E-state index contributed by atoms with van der Waals surface area (Å²) in [6, 6.07) is 14.6. The molecule has 0 bridgehead atoms. The molecule has 0 amide bonds. The smallest absolute Gasteiger partial charge is 0.192 e. The number of hydrogen-bond donors (Lipinski definition) is 1. The van der Waals surface area contributed by atoms with E-state index in [0.29, 0.717) is 39.9 Å². The van der Waals surface area contributed by atoms with Gasteiger partial charge in [-0.15, -0.1) is 10.2 Å². The molecule has 2 aromatic carbocycles. The Morgan fingerprint density at radius 3 is 2.76 bits per heavy atom. The van der Waals surface area contributed by atoms with Gasteiger partial charge in [0.25, 0.3) is 0 Å². The lowest BCUT2D eigenvalue weighted by atomic mass is 10.2. The van der Waals surface area contributed by atoms with E-state index in [0.717, 1.165) is 5.75 Å². The third-order valence-corrected chi connectivity index (χ3v) is 5.74. The molecule has 1 aliphatic rings. The molecule has 0 spiro atoms. The van der Waals surface area contributed by atoms with Gasteiger partial charge >= 0.3 is 0 Å². The predicted octanol–water partition coefficient (Wildman–Crippen LogP) is 3.51. The normalized spacial score (nSPS) is 16.4. The molecule has 0 unspecified atom stereocenters. The third kappa shape index (κ3) is 4.77. The first-order chi connectivity index (χ1) is 14.1. The highest BCUT2D eigenvalue weighted by Gasteiger charge is 2.27. The van der Waals surface area contributed by atoms with Crippen molar-refractivity contribution < 1.29 is 19.3 Å². The van der Waals surface area contributed by atoms with Crippen LogP contribution in [-0.2, 0) is 7.05 Å². The molecule has 0 fully saturated rings. The Labute approximate surface area is 177 Å². The maximum atomic E-state index is 10.2. The number of fused-ring (bicyclic) bond motifs is 1. The zero-order valence-electron chi connectivity index (χ0n) is 15.7. The van der Waals surface area contributed by atoms with E-state index in [1.165, 1.54) is 11.8 Å². The van der Waals surface area contributed by atoms with Crippen molar-refractivity contribution in [2.24, 2.45) is 7.05 Å². The van der Waals surface area contributed by atoms with Crippen LogP contribution in [0.4, 0.5) is 0 Å². The van der Waals surface area contributed by atoms with Crippen LogP contribution in [0.5, 0.6) is 17.2 Å². The number of ether oxygens (including phenoxy) is 3. The first-order valence-electron chi connectivity index (χ1n) is 9.07. The Balaban J connectivity index is 1.31. The van der Waals surface area contributed by atoms with Gasteiger partial charge < -0.3 is 23.9 Å². The predicted molar refractivity (Wildman–Crippen MR) is 110 cm³/mol. The van der Waals surface area contributed by atoms with Crippen LogP contribution < -0.4 is 14.2 Å². The summed E-state index contributed by atoms with van der Waals surface area (Å²) >= 11 is 7.25. The molecule has 7 nitrogen and oxygen atoms in total. The van der Waals surface area contributed by atoms with E-state index in [-0.39, 0.29) is 12.7 Å². The number of aromatic nitrogens is 3. The maximum Gasteiger partial charge on any atom is 0.192 e. The van der Waals surface area contributed by atoms with Crippen molar-refractivity contribution in [2.75, 3.05) is 19.0 Å². The van der Waals surface area contributed by atoms with Gasteiger partial charge in [-0.05, 0) is 36.4 Å². The molecule has 9 heteroatoms. The van der Waals surface area contributed by atoms with E-state index in [1.54, 1.807) is 24.3 Å². The summed E-state index contributed by atoms with van der Waals surface area (Å²) in [6.07, 6.45) is -0.994. The monoisotopic (exact) mass is 433 g/mol. The molecule has 1 aliphatic heterocycles. The van der Waals surface area contributed by atoms with Gasteiger partial charge in [0.15, 0.2) is 28.6 Å². The number of thioether (sulfide) groups is 1. The number of benzene rings is 2. The van der Waals surface area contributed by atoms with E-state index in [9.17, 15) is 5.11 Å². The van der Waals surface area contributed by atoms with Gasteiger partial charge in [0.2, 0.25) is 0 Å². The Kier molecular flexibility index (Phi) is 6.13. The minimum Gasteiger partial charge on any atom is -0.491 e. The van der Waals surface area contributed by atoms with E-state index < -0.39 is 6.10 Å². The van der Waals surface area contributed by atoms with Gasteiger partial charge in [0.1, 0.15) is 19.0 Å². The maximum absolute atomic E-state index is 10.2. The molecule has 1 N–H and O–H groups in total. The fourth-order valence-corrected chi connectivity index (χ4v) is 3.77. The number of rotatable bonds is 7. The Morgan fingerprint density at radius 2 is 1.97 bits per heavy atom. The highest BCUT2D eigenvalue weighted by atomic mass is 35.5. The highest BCUT2D eigenvalue weighted by molar-refractivity contribution is 7.99. The molecule has 0 radical (unpaired) electrons. The summed E-state index contributed by atoms with van der Waals surface area (Å²) < 4.78 is 19.2. The molecule has 3 aromatic rings.